The van der Waals surface area contributed by atoms with E-state index >= 15 is 0 Å². The predicted octanol–water partition coefficient (Wildman–Crippen LogP) is 4.63. The first-order valence-corrected chi connectivity index (χ1v) is 7.24. The van der Waals surface area contributed by atoms with Crippen LogP contribution in [0.1, 0.15) is 74.7 Å². The van der Waals surface area contributed by atoms with E-state index in [0.717, 1.165) is 19.3 Å². The van der Waals surface area contributed by atoms with E-state index in [0.29, 0.717) is 0 Å². The molecule has 0 aromatic rings. The van der Waals surface area contributed by atoms with Crippen molar-refractivity contribution < 1.29 is 19.6 Å². The smallest absolute Gasteiger partial charge is 0.226 e. The van der Waals surface area contributed by atoms with Gasteiger partial charge in [0.2, 0.25) is 6.29 Å². The quantitative estimate of drug-likeness (QED) is 0.368. The third-order valence-corrected chi connectivity index (χ3v) is 2.26. The van der Waals surface area contributed by atoms with Gasteiger partial charge < -0.3 is 0 Å². The molecule has 0 fully saturated rings. The largest absolute Gasteiger partial charge is 0.228 e. The fourth-order valence-electron chi connectivity index (χ4n) is 1.25. The highest BCUT2D eigenvalue weighted by Crippen LogP contribution is 2.21. The molecule has 0 spiro atoms. The maximum Gasteiger partial charge on any atom is 0.226 e. The number of hydrogen-bond donors (Lipinski definition) is 0. The third kappa shape index (κ3) is 11.4. The Balaban J connectivity index is 4.37. The highest BCUT2D eigenvalue weighted by Gasteiger charge is 2.26. The van der Waals surface area contributed by atoms with Gasteiger partial charge in [-0.1, -0.05) is 26.7 Å². The first-order valence-electron chi connectivity index (χ1n) is 7.24. The van der Waals surface area contributed by atoms with Crippen LogP contribution in [0.3, 0.4) is 0 Å². The van der Waals surface area contributed by atoms with E-state index in [9.17, 15) is 0 Å². The number of unbranched alkanes of at least 4 members (excludes halogenated alkanes) is 1. The Morgan fingerprint density at radius 2 is 1.26 bits per heavy atom. The van der Waals surface area contributed by atoms with E-state index in [1.807, 2.05) is 41.5 Å². The van der Waals surface area contributed by atoms with Crippen molar-refractivity contribution in [1.82, 2.24) is 0 Å². The first kappa shape index (κ1) is 18.8. The predicted molar refractivity (Wildman–Crippen MR) is 76.3 cm³/mol. The highest BCUT2D eigenvalue weighted by atomic mass is 17.3. The standard InChI is InChI=1S/C15H32O4/c1-9-10-11-12(2)13(16-18-14(3,4)5)17-19-15(6,7)8/h12-13H,9-11H2,1-8H3. The minimum absolute atomic E-state index is 0.213. The van der Waals surface area contributed by atoms with Crippen molar-refractivity contribution in [2.45, 2.75) is 92.1 Å². The first-order chi connectivity index (χ1) is 8.55. The molecule has 0 radical (unpaired) electrons. The van der Waals surface area contributed by atoms with Crippen LogP contribution in [0.4, 0.5) is 0 Å². The lowest BCUT2D eigenvalue weighted by molar-refractivity contribution is -0.505. The minimum atomic E-state index is -0.509. The van der Waals surface area contributed by atoms with Crippen molar-refractivity contribution in [3.8, 4) is 0 Å². The molecule has 0 bridgehead atoms. The molecule has 0 heterocycles. The zero-order valence-corrected chi connectivity index (χ0v) is 13.9. The molecule has 4 heteroatoms. The Labute approximate surface area is 118 Å². The summed E-state index contributed by atoms with van der Waals surface area (Å²) in [5.74, 6) is 0.213. The Hall–Kier alpha value is -0.160. The van der Waals surface area contributed by atoms with Crippen LogP contribution in [0.5, 0.6) is 0 Å². The van der Waals surface area contributed by atoms with Gasteiger partial charge in [-0.25, -0.2) is 19.6 Å². The molecule has 0 aromatic carbocycles. The molecule has 0 rings (SSSR count). The molecule has 0 aliphatic heterocycles. The Morgan fingerprint density at radius 3 is 1.58 bits per heavy atom. The van der Waals surface area contributed by atoms with Crippen LogP contribution in [0.2, 0.25) is 0 Å². The second kappa shape index (κ2) is 8.20. The second-order valence-corrected chi connectivity index (χ2v) is 7.07. The molecule has 0 aliphatic rings. The van der Waals surface area contributed by atoms with Gasteiger partial charge in [-0.2, -0.15) is 0 Å². The average Bonchev–Trinajstić information content (AvgIpc) is 2.23. The SMILES string of the molecule is CCCCC(C)C(OOC(C)(C)C)OOC(C)(C)C. The van der Waals surface area contributed by atoms with Crippen LogP contribution in [0.25, 0.3) is 0 Å². The van der Waals surface area contributed by atoms with E-state index in [-0.39, 0.29) is 17.1 Å². The van der Waals surface area contributed by atoms with Gasteiger partial charge in [0.15, 0.2) is 0 Å². The summed E-state index contributed by atoms with van der Waals surface area (Å²) in [4.78, 5) is 21.5. The molecule has 1 unspecified atom stereocenters. The Morgan fingerprint density at radius 1 is 0.842 bits per heavy atom. The number of hydrogen-bond acceptors (Lipinski definition) is 4. The van der Waals surface area contributed by atoms with Crippen molar-refractivity contribution in [3.63, 3.8) is 0 Å². The molecular weight excluding hydrogens is 244 g/mol. The van der Waals surface area contributed by atoms with E-state index < -0.39 is 6.29 Å². The second-order valence-electron chi connectivity index (χ2n) is 7.07. The third-order valence-electron chi connectivity index (χ3n) is 2.26. The van der Waals surface area contributed by atoms with Crippen LogP contribution in [0, 0.1) is 5.92 Å². The Kier molecular flexibility index (Phi) is 8.13. The summed E-state index contributed by atoms with van der Waals surface area (Å²) in [6.07, 6.45) is 2.79. The zero-order chi connectivity index (χ0) is 15.1. The lowest BCUT2D eigenvalue weighted by Gasteiger charge is -2.28. The van der Waals surface area contributed by atoms with Gasteiger partial charge >= 0.3 is 0 Å². The summed E-state index contributed by atoms with van der Waals surface area (Å²) < 4.78 is 0. The summed E-state index contributed by atoms with van der Waals surface area (Å²) in [7, 11) is 0. The lowest BCUT2D eigenvalue weighted by atomic mass is 10.0. The van der Waals surface area contributed by atoms with E-state index in [1.54, 1.807) is 0 Å². The van der Waals surface area contributed by atoms with Gasteiger partial charge in [0, 0.05) is 5.92 Å². The minimum Gasteiger partial charge on any atom is -0.228 e. The van der Waals surface area contributed by atoms with Crippen LogP contribution >= 0.6 is 0 Å². The summed E-state index contributed by atoms with van der Waals surface area (Å²) in [6, 6.07) is 0. The van der Waals surface area contributed by atoms with E-state index in [4.69, 9.17) is 19.6 Å². The van der Waals surface area contributed by atoms with E-state index in [1.165, 1.54) is 0 Å². The molecule has 116 valence electrons. The Bertz CT molecular complexity index is 209. The molecule has 0 amide bonds. The number of rotatable bonds is 8. The summed E-state index contributed by atoms with van der Waals surface area (Å²) in [5.41, 5.74) is -0.734. The molecule has 0 aliphatic carbocycles. The van der Waals surface area contributed by atoms with Crippen LogP contribution < -0.4 is 0 Å². The highest BCUT2D eigenvalue weighted by molar-refractivity contribution is 4.59. The van der Waals surface area contributed by atoms with Gasteiger partial charge in [0.25, 0.3) is 0 Å². The van der Waals surface area contributed by atoms with Crippen molar-refractivity contribution >= 4 is 0 Å². The maximum absolute atomic E-state index is 5.41. The molecule has 19 heavy (non-hydrogen) atoms. The summed E-state index contributed by atoms with van der Waals surface area (Å²) >= 11 is 0. The van der Waals surface area contributed by atoms with Crippen molar-refractivity contribution in [2.75, 3.05) is 0 Å². The van der Waals surface area contributed by atoms with Crippen LogP contribution in [0.15, 0.2) is 0 Å². The van der Waals surface area contributed by atoms with Crippen LogP contribution in [-0.4, -0.2) is 17.5 Å². The zero-order valence-electron chi connectivity index (χ0n) is 13.9. The van der Waals surface area contributed by atoms with E-state index in [2.05, 4.69) is 13.8 Å². The van der Waals surface area contributed by atoms with Gasteiger partial charge in [0.05, 0.1) is 11.2 Å². The molecule has 0 saturated carbocycles. The van der Waals surface area contributed by atoms with Gasteiger partial charge in [0.1, 0.15) is 0 Å². The fourth-order valence-corrected chi connectivity index (χ4v) is 1.25. The summed E-state index contributed by atoms with van der Waals surface area (Å²) in [5, 5.41) is 0. The molecular formula is C15H32O4. The lowest BCUT2D eigenvalue weighted by Crippen LogP contribution is -2.33. The van der Waals surface area contributed by atoms with Gasteiger partial charge in [-0.15, -0.1) is 0 Å². The van der Waals surface area contributed by atoms with Crippen molar-refractivity contribution in [3.05, 3.63) is 0 Å². The topological polar surface area (TPSA) is 36.9 Å². The molecule has 1 atom stereocenters. The molecule has 0 saturated heterocycles. The monoisotopic (exact) mass is 276 g/mol. The van der Waals surface area contributed by atoms with Crippen molar-refractivity contribution in [2.24, 2.45) is 5.92 Å². The molecule has 4 nitrogen and oxygen atoms in total. The van der Waals surface area contributed by atoms with Crippen LogP contribution in [-0.2, 0) is 19.6 Å². The van der Waals surface area contributed by atoms with Gasteiger partial charge in [-0.05, 0) is 48.0 Å². The molecule has 0 N–H and O–H groups in total. The fraction of sp³-hybridized carbons (Fsp3) is 1.00. The summed E-state index contributed by atoms with van der Waals surface area (Å²) in [6.45, 7) is 15.9. The van der Waals surface area contributed by atoms with Crippen molar-refractivity contribution in [1.29, 1.82) is 0 Å². The molecule has 0 aromatic heterocycles. The average molecular weight is 276 g/mol. The maximum atomic E-state index is 5.41. The normalized spacial score (nSPS) is 15.0. The van der Waals surface area contributed by atoms with Gasteiger partial charge in [-0.3, -0.25) is 0 Å².